The molecule has 1 amide bonds. The third-order valence-electron chi connectivity index (χ3n) is 2.00. The standard InChI is InChI=1S/C9H8FN3O/c10-6-2-1-3-7-5(6)4-12-9(13-7)8(11)14/h1-3,13H,4H2,(H2,11,14)/q+1. The van der Waals surface area contributed by atoms with E-state index in [1.54, 1.807) is 12.1 Å². The number of hydrogen-bond acceptors (Lipinski definition) is 3. The van der Waals surface area contributed by atoms with E-state index in [-0.39, 0.29) is 18.2 Å². The molecule has 0 aromatic heterocycles. The molecule has 0 atom stereocenters. The lowest BCUT2D eigenvalue weighted by atomic mass is 10.1. The first-order chi connectivity index (χ1) is 6.68. The van der Waals surface area contributed by atoms with Gasteiger partial charge >= 0.3 is 11.7 Å². The number of rotatable bonds is 1. The van der Waals surface area contributed by atoms with E-state index in [4.69, 9.17) is 5.73 Å². The third-order valence-corrected chi connectivity index (χ3v) is 2.00. The Hall–Kier alpha value is -1.91. The second-order valence-corrected chi connectivity index (χ2v) is 2.92. The molecule has 1 aromatic carbocycles. The third kappa shape index (κ3) is 1.32. The highest BCUT2D eigenvalue weighted by Gasteiger charge is 2.26. The van der Waals surface area contributed by atoms with Gasteiger partial charge in [0.15, 0.2) is 6.54 Å². The van der Waals surface area contributed by atoms with Crippen LogP contribution in [-0.4, -0.2) is 11.7 Å². The van der Waals surface area contributed by atoms with Crippen LogP contribution >= 0.6 is 0 Å². The largest absolute Gasteiger partial charge is 0.381 e. The van der Waals surface area contributed by atoms with Gasteiger partial charge in [-0.3, -0.25) is 4.79 Å². The number of nitrogens with zero attached hydrogens (tertiary/aromatic N) is 1. The van der Waals surface area contributed by atoms with E-state index in [2.05, 4.69) is 10.3 Å². The van der Waals surface area contributed by atoms with Crippen molar-refractivity contribution >= 4 is 17.4 Å². The summed E-state index contributed by atoms with van der Waals surface area (Å²) in [6.45, 7) is 0.146. The summed E-state index contributed by atoms with van der Waals surface area (Å²) < 4.78 is 13.2. The SMILES string of the molecule is NC(=O)C1=[N+]Cc2c(F)cccc2N1. The van der Waals surface area contributed by atoms with Gasteiger partial charge in [-0.1, -0.05) is 11.1 Å². The number of hydrogen-bond donors (Lipinski definition) is 2. The highest BCUT2D eigenvalue weighted by Crippen LogP contribution is 2.20. The number of carbonyl (C=O) groups is 1. The smallest absolute Gasteiger partial charge is 0.359 e. The van der Waals surface area contributed by atoms with Gasteiger partial charge in [0, 0.05) is 0 Å². The molecule has 1 aromatic rings. The average Bonchev–Trinajstić information content (AvgIpc) is 2.17. The zero-order valence-electron chi connectivity index (χ0n) is 7.25. The van der Waals surface area contributed by atoms with E-state index in [0.29, 0.717) is 11.3 Å². The molecule has 71 valence electrons. The van der Waals surface area contributed by atoms with Crippen molar-refractivity contribution in [2.75, 3.05) is 5.32 Å². The molecule has 1 aliphatic heterocycles. The zero-order valence-corrected chi connectivity index (χ0v) is 7.25. The summed E-state index contributed by atoms with van der Waals surface area (Å²) in [5.41, 5.74) is 6.04. The number of carbonyl (C=O) groups excluding carboxylic acids is 1. The van der Waals surface area contributed by atoms with Crippen molar-refractivity contribution in [1.29, 1.82) is 0 Å². The number of primary amides is 1. The highest BCUT2D eigenvalue weighted by atomic mass is 19.1. The van der Waals surface area contributed by atoms with E-state index in [0.717, 1.165) is 0 Å². The van der Waals surface area contributed by atoms with Gasteiger partial charge in [-0.15, -0.1) is 0 Å². The van der Waals surface area contributed by atoms with Crippen LogP contribution in [-0.2, 0) is 11.3 Å². The van der Waals surface area contributed by atoms with Crippen LogP contribution in [0.2, 0.25) is 0 Å². The lowest BCUT2D eigenvalue weighted by Crippen LogP contribution is -2.36. The number of fused-ring (bicyclic) bond motifs is 1. The van der Waals surface area contributed by atoms with Gasteiger partial charge in [0.25, 0.3) is 0 Å². The molecule has 0 saturated carbocycles. The van der Waals surface area contributed by atoms with Crippen molar-refractivity contribution in [3.63, 3.8) is 0 Å². The van der Waals surface area contributed by atoms with Crippen molar-refractivity contribution < 1.29 is 9.18 Å². The number of nitrogens with one attached hydrogen (secondary N) is 1. The van der Waals surface area contributed by atoms with Crippen LogP contribution in [0.3, 0.4) is 0 Å². The quantitative estimate of drug-likeness (QED) is 0.657. The molecule has 0 unspecified atom stereocenters. The Bertz CT molecular complexity index is 428. The van der Waals surface area contributed by atoms with Gasteiger partial charge in [0.1, 0.15) is 11.5 Å². The van der Waals surface area contributed by atoms with Gasteiger partial charge < -0.3 is 5.73 Å². The molecular formula is C9H8FN3O+. The molecule has 0 aliphatic carbocycles. The van der Waals surface area contributed by atoms with Crippen molar-refractivity contribution in [3.8, 4) is 0 Å². The first-order valence-electron chi connectivity index (χ1n) is 4.07. The molecule has 0 spiro atoms. The number of amidine groups is 1. The number of nitrogens with two attached hydrogens (primary N) is 1. The average molecular weight is 193 g/mol. The van der Waals surface area contributed by atoms with Crippen LogP contribution in [0.5, 0.6) is 0 Å². The van der Waals surface area contributed by atoms with Crippen LogP contribution in [0.1, 0.15) is 5.56 Å². The highest BCUT2D eigenvalue weighted by molar-refractivity contribution is 6.41. The summed E-state index contributed by atoms with van der Waals surface area (Å²) >= 11 is 0. The van der Waals surface area contributed by atoms with Crippen LogP contribution in [0, 0.1) is 5.82 Å². The Labute approximate surface area is 79.6 Å². The summed E-state index contributed by atoms with van der Waals surface area (Å²) in [7, 11) is 0. The Balaban J connectivity index is 2.39. The summed E-state index contributed by atoms with van der Waals surface area (Å²) in [5, 5.41) is 2.67. The molecule has 0 fully saturated rings. The Morgan fingerprint density at radius 1 is 1.57 bits per heavy atom. The topological polar surface area (TPSA) is 69.2 Å². The molecule has 4 nitrogen and oxygen atoms in total. The molecule has 0 saturated heterocycles. The number of halogens is 1. The summed E-state index contributed by atoms with van der Waals surface area (Å²) in [6, 6.07) is 4.59. The monoisotopic (exact) mass is 193 g/mol. The van der Waals surface area contributed by atoms with Crippen molar-refractivity contribution in [2.45, 2.75) is 6.54 Å². The minimum absolute atomic E-state index is 0.0723. The van der Waals surface area contributed by atoms with Crippen molar-refractivity contribution in [2.24, 2.45) is 5.73 Å². The molecule has 1 aliphatic rings. The van der Waals surface area contributed by atoms with Gasteiger partial charge in [0.2, 0.25) is 0 Å². The summed E-state index contributed by atoms with van der Waals surface area (Å²) in [6.07, 6.45) is 0. The molecule has 0 bridgehead atoms. The van der Waals surface area contributed by atoms with E-state index in [9.17, 15) is 9.18 Å². The van der Waals surface area contributed by atoms with Gasteiger partial charge in [-0.2, -0.15) is 0 Å². The first-order valence-corrected chi connectivity index (χ1v) is 4.07. The molecule has 1 radical (unpaired) electrons. The summed E-state index contributed by atoms with van der Waals surface area (Å²) in [4.78, 5) is 14.6. The van der Waals surface area contributed by atoms with E-state index < -0.39 is 5.91 Å². The predicted octanol–water partition coefficient (Wildman–Crippen LogP) is -0.0292. The molecule has 2 rings (SSSR count). The van der Waals surface area contributed by atoms with E-state index in [1.807, 2.05) is 0 Å². The molecular weight excluding hydrogens is 185 g/mol. The maximum absolute atomic E-state index is 13.2. The van der Waals surface area contributed by atoms with E-state index >= 15 is 0 Å². The second kappa shape index (κ2) is 3.10. The van der Waals surface area contributed by atoms with Crippen LogP contribution in [0.4, 0.5) is 10.1 Å². The van der Waals surface area contributed by atoms with Gasteiger partial charge in [-0.05, 0) is 12.1 Å². The fourth-order valence-electron chi connectivity index (χ4n) is 1.30. The number of anilines is 1. The van der Waals surface area contributed by atoms with Crippen LogP contribution in [0.15, 0.2) is 18.2 Å². The lowest BCUT2D eigenvalue weighted by molar-refractivity contribution is -0.112. The minimum atomic E-state index is -0.639. The van der Waals surface area contributed by atoms with Crippen molar-refractivity contribution in [3.05, 3.63) is 29.6 Å². The number of amides is 1. The molecule has 1 heterocycles. The maximum atomic E-state index is 13.2. The van der Waals surface area contributed by atoms with Gasteiger partial charge in [0.05, 0.1) is 5.56 Å². The lowest BCUT2D eigenvalue weighted by Gasteiger charge is -2.07. The van der Waals surface area contributed by atoms with Crippen LogP contribution < -0.4 is 16.0 Å². The number of aliphatic imine (C=N–C) groups is 1. The number of benzene rings is 1. The second-order valence-electron chi connectivity index (χ2n) is 2.92. The fourth-order valence-corrected chi connectivity index (χ4v) is 1.30. The Morgan fingerprint density at radius 2 is 2.36 bits per heavy atom. The minimum Gasteiger partial charge on any atom is -0.359 e. The maximum Gasteiger partial charge on any atom is 0.381 e. The fraction of sp³-hybridized carbons (Fsp3) is 0.111. The van der Waals surface area contributed by atoms with Crippen molar-refractivity contribution in [1.82, 2.24) is 4.99 Å². The summed E-state index contributed by atoms with van der Waals surface area (Å²) in [5.74, 6) is -0.898. The first kappa shape index (κ1) is 8.68. The predicted molar refractivity (Wildman–Crippen MR) is 50.1 cm³/mol. The normalized spacial score (nSPS) is 13.9. The van der Waals surface area contributed by atoms with Crippen LogP contribution in [0.25, 0.3) is 0 Å². The molecule has 14 heavy (non-hydrogen) atoms. The Morgan fingerprint density at radius 3 is 3.07 bits per heavy atom. The molecule has 5 heteroatoms. The molecule has 3 N–H and O–H groups in total. The van der Waals surface area contributed by atoms with E-state index in [1.165, 1.54) is 6.07 Å². The van der Waals surface area contributed by atoms with Gasteiger partial charge in [-0.25, -0.2) is 9.71 Å². The zero-order chi connectivity index (χ0) is 10.1. The Kier molecular flexibility index (Phi) is 1.92.